The molecule has 122 valence electrons. The molecule has 0 saturated carbocycles. The largest absolute Gasteiger partial charge is 0.334 e. The Bertz CT molecular complexity index is 792. The van der Waals surface area contributed by atoms with Gasteiger partial charge in [0.2, 0.25) is 10.0 Å². The minimum absolute atomic E-state index is 0.0413. The lowest BCUT2D eigenvalue weighted by Gasteiger charge is -2.09. The molecule has 0 aliphatic heterocycles. The predicted molar refractivity (Wildman–Crippen MR) is 91.0 cm³/mol. The van der Waals surface area contributed by atoms with Crippen LogP contribution < -0.4 is 15.8 Å². The van der Waals surface area contributed by atoms with Crippen LogP contribution in [0.25, 0.3) is 0 Å². The molecular weight excluding hydrogens is 382 g/mol. The van der Waals surface area contributed by atoms with Crippen LogP contribution in [0.5, 0.6) is 0 Å². The van der Waals surface area contributed by atoms with Gasteiger partial charge in [-0.25, -0.2) is 18.4 Å². The van der Waals surface area contributed by atoms with E-state index >= 15 is 0 Å². The Labute approximate surface area is 143 Å². The number of primary sulfonamides is 1. The van der Waals surface area contributed by atoms with Crippen molar-refractivity contribution in [1.29, 1.82) is 0 Å². The Balaban J connectivity index is 1.84. The number of nitrogens with two attached hydrogens (primary N) is 1. The number of carbonyl (C=O) groups is 1. The lowest BCUT2D eigenvalue weighted by molar-refractivity contribution is 0.240. The lowest BCUT2D eigenvalue weighted by atomic mass is 10.2. The van der Waals surface area contributed by atoms with Crippen molar-refractivity contribution >= 4 is 32.0 Å². The number of halogens is 1. The fraction of sp³-hybridized carbons (Fsp3) is 0.133. The highest BCUT2D eigenvalue weighted by Gasteiger charge is 2.07. The summed E-state index contributed by atoms with van der Waals surface area (Å²) in [5.74, 6) is 0. The quantitative estimate of drug-likeness (QED) is 0.719. The Morgan fingerprint density at radius 1 is 1.00 bits per heavy atom. The second-order valence-corrected chi connectivity index (χ2v) is 7.23. The molecule has 0 radical (unpaired) electrons. The summed E-state index contributed by atoms with van der Waals surface area (Å²) in [6.07, 6.45) is 0. The number of urea groups is 1. The summed E-state index contributed by atoms with van der Waals surface area (Å²) in [6.45, 7) is 0.685. The van der Waals surface area contributed by atoms with Gasteiger partial charge in [0.1, 0.15) is 0 Å². The van der Waals surface area contributed by atoms with Crippen LogP contribution in [0, 0.1) is 0 Å². The maximum atomic E-state index is 11.8. The number of nitrogens with one attached hydrogen (secondary N) is 2. The molecule has 2 amide bonds. The first-order valence-electron chi connectivity index (χ1n) is 6.73. The van der Waals surface area contributed by atoms with Crippen LogP contribution in [0.3, 0.4) is 0 Å². The minimum Gasteiger partial charge on any atom is -0.334 e. The van der Waals surface area contributed by atoms with E-state index in [1.807, 2.05) is 24.3 Å². The first-order valence-corrected chi connectivity index (χ1v) is 9.07. The van der Waals surface area contributed by atoms with Gasteiger partial charge in [-0.1, -0.05) is 46.3 Å². The van der Waals surface area contributed by atoms with Crippen molar-refractivity contribution in [2.45, 2.75) is 18.0 Å². The third-order valence-electron chi connectivity index (χ3n) is 3.10. The van der Waals surface area contributed by atoms with E-state index in [-0.39, 0.29) is 17.5 Å². The predicted octanol–water partition coefficient (Wildman–Crippen LogP) is 2.10. The fourth-order valence-corrected chi connectivity index (χ4v) is 2.80. The van der Waals surface area contributed by atoms with Crippen molar-refractivity contribution in [1.82, 2.24) is 10.6 Å². The molecule has 23 heavy (non-hydrogen) atoms. The zero-order valence-corrected chi connectivity index (χ0v) is 14.5. The first-order chi connectivity index (χ1) is 10.9. The van der Waals surface area contributed by atoms with Crippen LogP contribution in [-0.2, 0) is 23.1 Å². The van der Waals surface area contributed by atoms with Crippen molar-refractivity contribution in [3.8, 4) is 0 Å². The van der Waals surface area contributed by atoms with Gasteiger partial charge in [-0.3, -0.25) is 0 Å². The molecule has 2 aromatic carbocycles. The Morgan fingerprint density at radius 3 is 2.22 bits per heavy atom. The van der Waals surface area contributed by atoms with Gasteiger partial charge < -0.3 is 10.6 Å². The van der Waals surface area contributed by atoms with E-state index in [2.05, 4.69) is 26.6 Å². The first kappa shape index (κ1) is 17.5. The number of carbonyl (C=O) groups excluding carboxylic acids is 1. The van der Waals surface area contributed by atoms with Crippen molar-refractivity contribution in [3.63, 3.8) is 0 Å². The van der Waals surface area contributed by atoms with E-state index in [1.54, 1.807) is 12.1 Å². The number of benzene rings is 2. The molecule has 2 rings (SSSR count). The molecule has 8 heteroatoms. The summed E-state index contributed by atoms with van der Waals surface area (Å²) in [6, 6.07) is 13.3. The summed E-state index contributed by atoms with van der Waals surface area (Å²) in [7, 11) is -3.70. The third-order valence-corrected chi connectivity index (χ3v) is 4.81. The molecule has 0 spiro atoms. The summed E-state index contributed by atoms with van der Waals surface area (Å²) < 4.78 is 23.2. The van der Waals surface area contributed by atoms with Crippen LogP contribution in [0.15, 0.2) is 57.9 Å². The second-order valence-electron chi connectivity index (χ2n) is 4.82. The maximum Gasteiger partial charge on any atom is 0.315 e. The third kappa shape index (κ3) is 5.34. The van der Waals surface area contributed by atoms with E-state index < -0.39 is 10.0 Å². The number of amides is 2. The smallest absolute Gasteiger partial charge is 0.315 e. The van der Waals surface area contributed by atoms with Crippen molar-refractivity contribution in [3.05, 3.63) is 64.1 Å². The average Bonchev–Trinajstić information content (AvgIpc) is 2.51. The molecule has 0 aliphatic rings. The normalized spacial score (nSPS) is 11.0. The van der Waals surface area contributed by atoms with Crippen molar-refractivity contribution in [2.75, 3.05) is 0 Å². The molecule has 0 saturated heterocycles. The van der Waals surface area contributed by atoms with E-state index in [0.29, 0.717) is 6.54 Å². The zero-order chi connectivity index (χ0) is 16.9. The van der Waals surface area contributed by atoms with Crippen molar-refractivity contribution in [2.24, 2.45) is 5.14 Å². The Hall–Kier alpha value is -1.90. The number of hydrogen-bond acceptors (Lipinski definition) is 3. The molecule has 6 nitrogen and oxygen atoms in total. The van der Waals surface area contributed by atoms with E-state index in [4.69, 9.17) is 5.14 Å². The van der Waals surface area contributed by atoms with Gasteiger partial charge in [0.25, 0.3) is 0 Å². The van der Waals surface area contributed by atoms with Gasteiger partial charge in [0, 0.05) is 17.6 Å². The van der Waals surface area contributed by atoms with E-state index in [1.165, 1.54) is 12.1 Å². The molecule has 0 atom stereocenters. The van der Waals surface area contributed by atoms with Crippen LogP contribution in [0.2, 0.25) is 0 Å². The zero-order valence-electron chi connectivity index (χ0n) is 12.1. The Kier molecular flexibility index (Phi) is 5.75. The van der Waals surface area contributed by atoms with Gasteiger partial charge in [0.15, 0.2) is 0 Å². The fourth-order valence-electron chi connectivity index (χ4n) is 1.86. The standard InChI is InChI=1S/C15H16BrN3O3S/c16-14-4-2-1-3-12(14)10-19-15(20)18-9-11-5-7-13(8-6-11)23(17,21)22/h1-8H,9-10H2,(H2,17,21,22)(H2,18,19,20). The van der Waals surface area contributed by atoms with E-state index in [9.17, 15) is 13.2 Å². The SMILES string of the molecule is NS(=O)(=O)c1ccc(CNC(=O)NCc2ccccc2Br)cc1. The number of hydrogen-bond donors (Lipinski definition) is 3. The average molecular weight is 398 g/mol. The van der Waals surface area contributed by atoms with Crippen LogP contribution in [-0.4, -0.2) is 14.4 Å². The molecule has 0 heterocycles. The topological polar surface area (TPSA) is 101 Å². The van der Waals surface area contributed by atoms with Gasteiger partial charge in [-0.2, -0.15) is 0 Å². The van der Waals surface area contributed by atoms with Gasteiger partial charge in [-0.15, -0.1) is 0 Å². The number of rotatable bonds is 5. The molecule has 2 aromatic rings. The van der Waals surface area contributed by atoms with Gasteiger partial charge in [0.05, 0.1) is 4.90 Å². The number of sulfonamides is 1. The van der Waals surface area contributed by atoms with Gasteiger partial charge >= 0.3 is 6.03 Å². The highest BCUT2D eigenvalue weighted by Crippen LogP contribution is 2.15. The molecule has 0 bridgehead atoms. The summed E-state index contributed by atoms with van der Waals surface area (Å²) in [5.41, 5.74) is 1.74. The molecular formula is C15H16BrN3O3S. The van der Waals surface area contributed by atoms with Crippen LogP contribution in [0.1, 0.15) is 11.1 Å². The van der Waals surface area contributed by atoms with Crippen molar-refractivity contribution < 1.29 is 13.2 Å². The maximum absolute atomic E-state index is 11.8. The Morgan fingerprint density at radius 2 is 1.61 bits per heavy atom. The van der Waals surface area contributed by atoms with Crippen LogP contribution in [0.4, 0.5) is 4.79 Å². The molecule has 0 fully saturated rings. The van der Waals surface area contributed by atoms with Crippen LogP contribution >= 0.6 is 15.9 Å². The second kappa shape index (κ2) is 7.58. The van der Waals surface area contributed by atoms with Gasteiger partial charge in [-0.05, 0) is 29.3 Å². The monoisotopic (exact) mass is 397 g/mol. The highest BCUT2D eigenvalue weighted by atomic mass is 79.9. The van der Waals surface area contributed by atoms with E-state index in [0.717, 1.165) is 15.6 Å². The minimum atomic E-state index is -3.70. The highest BCUT2D eigenvalue weighted by molar-refractivity contribution is 9.10. The molecule has 0 aromatic heterocycles. The molecule has 0 aliphatic carbocycles. The summed E-state index contributed by atoms with van der Waals surface area (Å²) >= 11 is 3.41. The summed E-state index contributed by atoms with van der Waals surface area (Å²) in [5, 5.41) is 10.5. The molecule has 0 unspecified atom stereocenters. The summed E-state index contributed by atoms with van der Waals surface area (Å²) in [4.78, 5) is 11.8. The lowest BCUT2D eigenvalue weighted by Crippen LogP contribution is -2.34. The molecule has 4 N–H and O–H groups in total.